The van der Waals surface area contributed by atoms with Crippen molar-refractivity contribution in [3.8, 4) is 0 Å². The summed E-state index contributed by atoms with van der Waals surface area (Å²) in [5.74, 6) is 0.852. The molecule has 2 rings (SSSR count). The Bertz CT molecular complexity index is 249. The Labute approximate surface area is 104 Å². The Kier molecular flexibility index (Phi) is 4.03. The standard InChI is InChI=1S/C12H23N3S/c1-13-12(16)15-7-3-4-11(15)10-5-8-14(2)9-6-10/h10-11H,3-9H2,1-2H3,(H,13,16)/t11-/m0/s1. The minimum absolute atomic E-state index is 0.702. The van der Waals surface area contributed by atoms with Gasteiger partial charge in [0.1, 0.15) is 0 Å². The van der Waals surface area contributed by atoms with Crippen LogP contribution >= 0.6 is 12.2 Å². The molecule has 3 nitrogen and oxygen atoms in total. The van der Waals surface area contributed by atoms with Crippen molar-refractivity contribution in [3.63, 3.8) is 0 Å². The van der Waals surface area contributed by atoms with Gasteiger partial charge in [0.25, 0.3) is 0 Å². The predicted octanol–water partition coefficient (Wildman–Crippen LogP) is 1.30. The van der Waals surface area contributed by atoms with Gasteiger partial charge in [-0.2, -0.15) is 0 Å². The number of rotatable bonds is 1. The number of piperidine rings is 1. The summed E-state index contributed by atoms with van der Waals surface area (Å²) in [6.45, 7) is 3.65. The molecule has 0 radical (unpaired) electrons. The first-order valence-corrected chi connectivity index (χ1v) is 6.80. The normalized spacial score (nSPS) is 28.4. The van der Waals surface area contributed by atoms with Crippen LogP contribution in [0.5, 0.6) is 0 Å². The molecule has 0 bridgehead atoms. The van der Waals surface area contributed by atoms with Crippen LogP contribution < -0.4 is 5.32 Å². The van der Waals surface area contributed by atoms with Crippen LogP contribution in [0.4, 0.5) is 0 Å². The van der Waals surface area contributed by atoms with Gasteiger partial charge in [-0.1, -0.05) is 0 Å². The summed E-state index contributed by atoms with van der Waals surface area (Å²) in [5.41, 5.74) is 0. The number of hydrogen-bond acceptors (Lipinski definition) is 2. The van der Waals surface area contributed by atoms with E-state index in [-0.39, 0.29) is 0 Å². The molecule has 16 heavy (non-hydrogen) atoms. The smallest absolute Gasteiger partial charge is 0.168 e. The molecule has 0 unspecified atom stereocenters. The molecule has 2 aliphatic rings. The molecule has 0 aromatic rings. The van der Waals surface area contributed by atoms with Crippen molar-refractivity contribution >= 4 is 17.3 Å². The molecule has 0 aliphatic carbocycles. The minimum atomic E-state index is 0.702. The number of likely N-dealkylation sites (tertiary alicyclic amines) is 2. The summed E-state index contributed by atoms with van der Waals surface area (Å²) in [6.07, 6.45) is 5.31. The fourth-order valence-corrected chi connectivity index (χ4v) is 3.32. The molecule has 4 heteroatoms. The van der Waals surface area contributed by atoms with Crippen LogP contribution in [0.1, 0.15) is 25.7 Å². The van der Waals surface area contributed by atoms with E-state index in [0.29, 0.717) is 6.04 Å². The zero-order valence-electron chi connectivity index (χ0n) is 10.4. The van der Waals surface area contributed by atoms with E-state index in [4.69, 9.17) is 12.2 Å². The zero-order chi connectivity index (χ0) is 11.5. The topological polar surface area (TPSA) is 18.5 Å². The SMILES string of the molecule is CNC(=S)N1CCC[C@H]1C1CCN(C)CC1. The van der Waals surface area contributed by atoms with Crippen molar-refractivity contribution < 1.29 is 0 Å². The van der Waals surface area contributed by atoms with Gasteiger partial charge < -0.3 is 15.1 Å². The van der Waals surface area contributed by atoms with Crippen LogP contribution in [0.25, 0.3) is 0 Å². The van der Waals surface area contributed by atoms with Crippen molar-refractivity contribution in [1.82, 2.24) is 15.1 Å². The lowest BCUT2D eigenvalue weighted by Crippen LogP contribution is -2.46. The van der Waals surface area contributed by atoms with Gasteiger partial charge in [0, 0.05) is 19.6 Å². The quantitative estimate of drug-likeness (QED) is 0.697. The number of hydrogen-bond donors (Lipinski definition) is 1. The lowest BCUT2D eigenvalue weighted by molar-refractivity contribution is 0.160. The molecule has 2 saturated heterocycles. The number of thiocarbonyl (C=S) groups is 1. The van der Waals surface area contributed by atoms with E-state index in [2.05, 4.69) is 22.2 Å². The molecular formula is C12H23N3S. The van der Waals surface area contributed by atoms with Crippen molar-refractivity contribution in [2.45, 2.75) is 31.7 Å². The molecular weight excluding hydrogens is 218 g/mol. The van der Waals surface area contributed by atoms with Gasteiger partial charge in [0.2, 0.25) is 0 Å². The monoisotopic (exact) mass is 241 g/mol. The van der Waals surface area contributed by atoms with Gasteiger partial charge in [-0.25, -0.2) is 0 Å². The van der Waals surface area contributed by atoms with E-state index in [1.54, 1.807) is 0 Å². The summed E-state index contributed by atoms with van der Waals surface area (Å²) >= 11 is 5.39. The first-order chi connectivity index (χ1) is 7.72. The maximum absolute atomic E-state index is 5.39. The molecule has 0 amide bonds. The van der Waals surface area contributed by atoms with E-state index < -0.39 is 0 Å². The summed E-state index contributed by atoms with van der Waals surface area (Å²) in [5, 5.41) is 4.08. The van der Waals surface area contributed by atoms with Gasteiger partial charge in [0.05, 0.1) is 0 Å². The fourth-order valence-electron chi connectivity index (χ4n) is 3.09. The van der Waals surface area contributed by atoms with Crippen LogP contribution in [0.15, 0.2) is 0 Å². The van der Waals surface area contributed by atoms with Crippen LogP contribution in [-0.2, 0) is 0 Å². The Balaban J connectivity index is 1.94. The van der Waals surface area contributed by atoms with E-state index in [9.17, 15) is 0 Å². The molecule has 0 saturated carbocycles. The third-order valence-electron chi connectivity index (χ3n) is 4.08. The minimum Gasteiger partial charge on any atom is -0.366 e. The average Bonchev–Trinajstić information content (AvgIpc) is 2.78. The molecule has 1 N–H and O–H groups in total. The number of nitrogens with zero attached hydrogens (tertiary/aromatic N) is 2. The van der Waals surface area contributed by atoms with Crippen LogP contribution in [-0.4, -0.2) is 54.7 Å². The highest BCUT2D eigenvalue weighted by Gasteiger charge is 2.34. The largest absolute Gasteiger partial charge is 0.366 e. The van der Waals surface area contributed by atoms with E-state index >= 15 is 0 Å². The summed E-state index contributed by atoms with van der Waals surface area (Å²) in [7, 11) is 4.16. The molecule has 1 atom stereocenters. The summed E-state index contributed by atoms with van der Waals surface area (Å²) < 4.78 is 0. The molecule has 0 aromatic heterocycles. The lowest BCUT2D eigenvalue weighted by Gasteiger charge is -2.37. The average molecular weight is 241 g/mol. The van der Waals surface area contributed by atoms with Crippen LogP contribution in [0.2, 0.25) is 0 Å². The summed E-state index contributed by atoms with van der Waals surface area (Å²) in [4.78, 5) is 4.86. The molecule has 2 heterocycles. The highest BCUT2D eigenvalue weighted by molar-refractivity contribution is 7.80. The molecule has 0 spiro atoms. The highest BCUT2D eigenvalue weighted by atomic mass is 32.1. The van der Waals surface area contributed by atoms with Gasteiger partial charge in [-0.3, -0.25) is 0 Å². The highest BCUT2D eigenvalue weighted by Crippen LogP contribution is 2.30. The third-order valence-corrected chi connectivity index (χ3v) is 4.52. The fraction of sp³-hybridized carbons (Fsp3) is 0.917. The lowest BCUT2D eigenvalue weighted by atomic mass is 9.88. The zero-order valence-corrected chi connectivity index (χ0v) is 11.2. The van der Waals surface area contributed by atoms with Crippen molar-refractivity contribution in [2.24, 2.45) is 5.92 Å². The maximum atomic E-state index is 5.39. The van der Waals surface area contributed by atoms with Crippen LogP contribution in [0.3, 0.4) is 0 Å². The van der Waals surface area contributed by atoms with Crippen LogP contribution in [0, 0.1) is 5.92 Å². The van der Waals surface area contributed by atoms with Crippen molar-refractivity contribution in [2.75, 3.05) is 33.7 Å². The Hall–Kier alpha value is -0.350. The van der Waals surface area contributed by atoms with E-state index in [1.807, 2.05) is 7.05 Å². The van der Waals surface area contributed by atoms with Crippen molar-refractivity contribution in [1.29, 1.82) is 0 Å². The van der Waals surface area contributed by atoms with Gasteiger partial charge in [-0.05, 0) is 64.0 Å². The predicted molar refractivity (Wildman–Crippen MR) is 71.6 cm³/mol. The maximum Gasteiger partial charge on any atom is 0.168 e. The van der Waals surface area contributed by atoms with Gasteiger partial charge in [-0.15, -0.1) is 0 Å². The van der Waals surface area contributed by atoms with Crippen molar-refractivity contribution in [3.05, 3.63) is 0 Å². The van der Waals surface area contributed by atoms with E-state index in [1.165, 1.54) is 38.8 Å². The summed E-state index contributed by atoms with van der Waals surface area (Å²) in [6, 6.07) is 0.702. The second-order valence-electron chi connectivity index (χ2n) is 5.10. The Morgan fingerprint density at radius 2 is 1.88 bits per heavy atom. The van der Waals surface area contributed by atoms with Gasteiger partial charge >= 0.3 is 0 Å². The second kappa shape index (κ2) is 5.32. The third kappa shape index (κ3) is 2.48. The molecule has 2 fully saturated rings. The Morgan fingerprint density at radius 1 is 1.19 bits per heavy atom. The van der Waals surface area contributed by atoms with E-state index in [0.717, 1.165) is 17.6 Å². The molecule has 2 aliphatic heterocycles. The second-order valence-corrected chi connectivity index (χ2v) is 5.49. The molecule has 0 aromatic carbocycles. The number of nitrogens with one attached hydrogen (secondary N) is 1. The van der Waals surface area contributed by atoms with Gasteiger partial charge in [0.15, 0.2) is 5.11 Å². The first-order valence-electron chi connectivity index (χ1n) is 6.39. The Morgan fingerprint density at radius 3 is 2.50 bits per heavy atom. The molecule has 92 valence electrons. The first kappa shape index (κ1) is 12.1.